The number of piperidine rings is 1. The van der Waals surface area contributed by atoms with E-state index in [1.165, 1.54) is 38.5 Å². The maximum Gasteiger partial charge on any atom is 0.256 e. The van der Waals surface area contributed by atoms with E-state index in [2.05, 4.69) is 33.0 Å². The maximum absolute atomic E-state index is 13.7. The first-order valence-electron chi connectivity index (χ1n) is 15.4. The van der Waals surface area contributed by atoms with Crippen molar-refractivity contribution in [2.24, 2.45) is 0 Å². The van der Waals surface area contributed by atoms with Crippen molar-refractivity contribution < 1.29 is 9.59 Å². The summed E-state index contributed by atoms with van der Waals surface area (Å²) in [5, 5.41) is 3.32. The number of piperazine rings is 1. The highest BCUT2D eigenvalue weighted by Gasteiger charge is 2.30. The molecule has 0 spiro atoms. The Morgan fingerprint density at radius 1 is 0.795 bits per heavy atom. The molecule has 0 bridgehead atoms. The number of nitrogens with zero attached hydrogens (tertiary/aromatic N) is 3. The second-order valence-corrected chi connectivity index (χ2v) is 11.6. The van der Waals surface area contributed by atoms with Gasteiger partial charge in [-0.15, -0.1) is 0 Å². The summed E-state index contributed by atoms with van der Waals surface area (Å²) in [5.74, 6) is 0.182. The van der Waals surface area contributed by atoms with E-state index in [1.54, 1.807) is 0 Å². The van der Waals surface area contributed by atoms with Gasteiger partial charge in [0, 0.05) is 57.0 Å². The number of amides is 2. The zero-order valence-corrected chi connectivity index (χ0v) is 23.7. The summed E-state index contributed by atoms with van der Waals surface area (Å²) in [5.41, 5.74) is 2.93. The van der Waals surface area contributed by atoms with E-state index in [-0.39, 0.29) is 23.8 Å². The highest BCUT2D eigenvalue weighted by atomic mass is 16.2. The molecule has 6 nitrogen and oxygen atoms in total. The molecule has 0 aromatic heterocycles. The molecule has 2 amide bonds. The molecule has 6 heteroatoms. The molecule has 1 saturated carbocycles. The first-order chi connectivity index (χ1) is 19.1. The Bertz CT molecular complexity index is 1070. The normalized spacial score (nSPS) is 20.8. The predicted molar refractivity (Wildman–Crippen MR) is 158 cm³/mol. The van der Waals surface area contributed by atoms with E-state index in [1.807, 2.05) is 48.5 Å². The Kier molecular flexibility index (Phi) is 9.57. The summed E-state index contributed by atoms with van der Waals surface area (Å²) in [6.07, 6.45) is 10.7. The Balaban J connectivity index is 1.15. The molecular weight excluding hydrogens is 484 g/mol. The van der Waals surface area contributed by atoms with Crippen LogP contribution in [0.3, 0.4) is 0 Å². The second-order valence-electron chi connectivity index (χ2n) is 11.6. The van der Waals surface area contributed by atoms with Gasteiger partial charge < -0.3 is 15.1 Å². The van der Waals surface area contributed by atoms with Crippen molar-refractivity contribution in [1.82, 2.24) is 15.1 Å². The van der Waals surface area contributed by atoms with Crippen LogP contribution in [0.25, 0.3) is 0 Å². The number of para-hydroxylation sites is 1. The molecule has 1 atom stereocenters. The summed E-state index contributed by atoms with van der Waals surface area (Å²) in [4.78, 5) is 33.8. The van der Waals surface area contributed by atoms with Crippen molar-refractivity contribution in [3.05, 3.63) is 65.7 Å². The minimum Gasteiger partial charge on any atom is -0.371 e. The highest BCUT2D eigenvalue weighted by Crippen LogP contribution is 2.28. The standard InChI is InChI=1S/C33H46N4O2/c1-2-29(26-12-6-5-7-13-26)32(38)34-27-18-20-36(21-19-27)31-17-11-10-16-30(31)33(39)37-24-22-35(23-25-37)28-14-8-3-4-9-15-28/h5-7,10-13,16-17,27-29H,2-4,8-9,14-15,18-25H2,1H3,(H,34,38). The van der Waals surface area contributed by atoms with Crippen molar-refractivity contribution in [2.75, 3.05) is 44.2 Å². The summed E-state index contributed by atoms with van der Waals surface area (Å²) in [6.45, 7) is 7.37. The van der Waals surface area contributed by atoms with Gasteiger partial charge in [0.2, 0.25) is 5.91 Å². The Labute approximate surface area is 234 Å². The highest BCUT2D eigenvalue weighted by molar-refractivity contribution is 6.00. The third-order valence-electron chi connectivity index (χ3n) is 9.19. The van der Waals surface area contributed by atoms with Gasteiger partial charge in [-0.05, 0) is 49.8 Å². The molecule has 2 aromatic rings. The number of anilines is 1. The lowest BCUT2D eigenvalue weighted by Crippen LogP contribution is -2.52. The number of carbonyl (C=O) groups is 2. The maximum atomic E-state index is 13.7. The molecule has 2 heterocycles. The van der Waals surface area contributed by atoms with Gasteiger partial charge in [-0.1, -0.05) is 75.1 Å². The lowest BCUT2D eigenvalue weighted by molar-refractivity contribution is -0.123. The zero-order valence-electron chi connectivity index (χ0n) is 23.7. The van der Waals surface area contributed by atoms with Gasteiger partial charge in [0.15, 0.2) is 0 Å². The van der Waals surface area contributed by atoms with Crippen molar-refractivity contribution in [3.8, 4) is 0 Å². The monoisotopic (exact) mass is 530 g/mol. The van der Waals surface area contributed by atoms with Gasteiger partial charge in [-0.2, -0.15) is 0 Å². The van der Waals surface area contributed by atoms with Gasteiger partial charge in [-0.3, -0.25) is 14.5 Å². The van der Waals surface area contributed by atoms with Crippen molar-refractivity contribution in [3.63, 3.8) is 0 Å². The molecule has 1 N–H and O–H groups in total. The molecule has 2 saturated heterocycles. The fourth-order valence-electron chi connectivity index (χ4n) is 6.84. The number of benzene rings is 2. The minimum absolute atomic E-state index is 0.106. The lowest BCUT2D eigenvalue weighted by Gasteiger charge is -2.40. The molecule has 210 valence electrons. The smallest absolute Gasteiger partial charge is 0.256 e. The van der Waals surface area contributed by atoms with Crippen LogP contribution in [0.5, 0.6) is 0 Å². The minimum atomic E-state index is -0.106. The largest absolute Gasteiger partial charge is 0.371 e. The molecule has 1 unspecified atom stereocenters. The van der Waals surface area contributed by atoms with E-state index < -0.39 is 0 Å². The van der Waals surface area contributed by atoms with Crippen molar-refractivity contribution in [1.29, 1.82) is 0 Å². The number of carbonyl (C=O) groups excluding carboxylic acids is 2. The first kappa shape index (κ1) is 27.7. The first-order valence-corrected chi connectivity index (χ1v) is 15.4. The van der Waals surface area contributed by atoms with Crippen LogP contribution in [0.2, 0.25) is 0 Å². The lowest BCUT2D eigenvalue weighted by atomic mass is 9.94. The number of rotatable bonds is 7. The third kappa shape index (κ3) is 6.84. The Morgan fingerprint density at radius 2 is 1.44 bits per heavy atom. The topological polar surface area (TPSA) is 55.9 Å². The van der Waals surface area contributed by atoms with E-state index >= 15 is 0 Å². The van der Waals surface area contributed by atoms with Crippen LogP contribution in [0, 0.1) is 0 Å². The van der Waals surface area contributed by atoms with Gasteiger partial charge in [0.25, 0.3) is 5.91 Å². The summed E-state index contributed by atoms with van der Waals surface area (Å²) in [7, 11) is 0. The van der Waals surface area contributed by atoms with Crippen molar-refractivity contribution >= 4 is 17.5 Å². The van der Waals surface area contributed by atoms with E-state index in [9.17, 15) is 9.59 Å². The van der Waals surface area contributed by atoms with Crippen LogP contribution in [-0.4, -0.2) is 73.0 Å². The fourth-order valence-corrected chi connectivity index (χ4v) is 6.84. The molecule has 3 fully saturated rings. The quantitative estimate of drug-likeness (QED) is 0.484. The molecule has 2 aliphatic heterocycles. The molecular formula is C33H46N4O2. The van der Waals surface area contributed by atoms with E-state index in [0.717, 1.165) is 75.3 Å². The second kappa shape index (κ2) is 13.5. The predicted octanol–water partition coefficient (Wildman–Crippen LogP) is 5.45. The fraction of sp³-hybridized carbons (Fsp3) is 0.576. The molecule has 1 aliphatic carbocycles. The Hall–Kier alpha value is -2.86. The zero-order chi connectivity index (χ0) is 27.0. The average Bonchev–Trinajstić information content (AvgIpc) is 3.28. The van der Waals surface area contributed by atoms with Gasteiger partial charge in [0.05, 0.1) is 11.5 Å². The van der Waals surface area contributed by atoms with Crippen LogP contribution in [0.15, 0.2) is 54.6 Å². The molecule has 5 rings (SSSR count). The van der Waals surface area contributed by atoms with Crippen LogP contribution in [0.4, 0.5) is 5.69 Å². The summed E-state index contributed by atoms with van der Waals surface area (Å²) in [6, 6.07) is 19.1. The van der Waals surface area contributed by atoms with Crippen LogP contribution in [-0.2, 0) is 4.79 Å². The van der Waals surface area contributed by atoms with Crippen LogP contribution >= 0.6 is 0 Å². The molecule has 39 heavy (non-hydrogen) atoms. The number of hydrogen-bond donors (Lipinski definition) is 1. The average molecular weight is 531 g/mol. The van der Waals surface area contributed by atoms with Crippen molar-refractivity contribution in [2.45, 2.75) is 82.7 Å². The molecule has 2 aromatic carbocycles. The number of hydrogen-bond acceptors (Lipinski definition) is 4. The Morgan fingerprint density at radius 3 is 2.10 bits per heavy atom. The van der Waals surface area contributed by atoms with Gasteiger partial charge in [-0.25, -0.2) is 0 Å². The third-order valence-corrected chi connectivity index (χ3v) is 9.19. The van der Waals surface area contributed by atoms with E-state index in [0.29, 0.717) is 6.04 Å². The van der Waals surface area contributed by atoms with E-state index in [4.69, 9.17) is 0 Å². The van der Waals surface area contributed by atoms with Gasteiger partial charge >= 0.3 is 0 Å². The molecule has 0 radical (unpaired) electrons. The molecule has 3 aliphatic rings. The van der Waals surface area contributed by atoms with Crippen LogP contribution in [0.1, 0.15) is 86.6 Å². The summed E-state index contributed by atoms with van der Waals surface area (Å²) < 4.78 is 0. The van der Waals surface area contributed by atoms with Gasteiger partial charge in [0.1, 0.15) is 0 Å². The SMILES string of the molecule is CCC(C(=O)NC1CCN(c2ccccc2C(=O)N2CCN(C3CCCCCC3)CC2)CC1)c1ccccc1. The summed E-state index contributed by atoms with van der Waals surface area (Å²) >= 11 is 0. The van der Waals surface area contributed by atoms with Crippen LogP contribution < -0.4 is 10.2 Å². The number of nitrogens with one attached hydrogen (secondary N) is 1.